The molecule has 0 bridgehead atoms. The van der Waals surface area contributed by atoms with Crippen molar-refractivity contribution >= 4 is 35.0 Å². The molecular weight excluding hydrogens is 498 g/mol. The highest BCUT2D eigenvalue weighted by Crippen LogP contribution is 2.31. The fraction of sp³-hybridized carbons (Fsp3) is 0.240. The number of hydrogen-bond donors (Lipinski definition) is 0. The van der Waals surface area contributed by atoms with E-state index >= 15 is 0 Å². The monoisotopic (exact) mass is 518 g/mol. The molecule has 10 heteroatoms. The Hall–Kier alpha value is -3.30. The Bertz CT molecular complexity index is 1460. The summed E-state index contributed by atoms with van der Waals surface area (Å²) in [5, 5.41) is 0.521. The van der Waals surface area contributed by atoms with E-state index in [1.165, 1.54) is 28.0 Å². The van der Waals surface area contributed by atoms with E-state index in [1.54, 1.807) is 63.2 Å². The number of allylic oxidation sites excluding steroid dienone is 1. The third-order valence-electron chi connectivity index (χ3n) is 5.17. The SMILES string of the molecule is CC1=C(C(=O)OC(C)C)[C@@H](c2ccc(Cl)cc2)n2c(s/c(=C/c3ccc(OC(F)F)cc3)c2=O)=N1. The van der Waals surface area contributed by atoms with Crippen molar-refractivity contribution in [1.82, 2.24) is 4.57 Å². The highest BCUT2D eigenvalue weighted by atomic mass is 35.5. The van der Waals surface area contributed by atoms with Gasteiger partial charge >= 0.3 is 12.6 Å². The molecule has 0 spiro atoms. The molecule has 0 unspecified atom stereocenters. The molecule has 4 rings (SSSR count). The van der Waals surface area contributed by atoms with Crippen molar-refractivity contribution in [2.45, 2.75) is 39.5 Å². The van der Waals surface area contributed by atoms with E-state index in [-0.39, 0.29) is 23.0 Å². The third-order valence-corrected chi connectivity index (χ3v) is 6.41. The van der Waals surface area contributed by atoms with Crippen LogP contribution in [0.4, 0.5) is 8.78 Å². The zero-order chi connectivity index (χ0) is 25.3. The highest BCUT2D eigenvalue weighted by molar-refractivity contribution is 7.07. The summed E-state index contributed by atoms with van der Waals surface area (Å²) >= 11 is 7.24. The topological polar surface area (TPSA) is 69.9 Å². The molecule has 0 radical (unpaired) electrons. The number of halogens is 3. The number of carbonyl (C=O) groups excluding carboxylic acids is 1. The Kier molecular flexibility index (Phi) is 7.18. The van der Waals surface area contributed by atoms with Crippen LogP contribution < -0.4 is 19.6 Å². The summed E-state index contributed by atoms with van der Waals surface area (Å²) in [6.07, 6.45) is 1.29. The molecule has 0 saturated carbocycles. The van der Waals surface area contributed by atoms with Gasteiger partial charge in [-0.15, -0.1) is 0 Å². The standard InChI is InChI=1S/C25H21ClF2N2O4S/c1-13(2)33-23(32)20-14(3)29-25-30(21(20)16-6-8-17(26)9-7-16)22(31)19(35-25)12-15-4-10-18(11-5-15)34-24(27)28/h4-13,21,24H,1-3H3/b19-12+/t21-/m1/s1. The van der Waals surface area contributed by atoms with E-state index in [0.29, 0.717) is 31.2 Å². The van der Waals surface area contributed by atoms with Crippen LogP contribution in [0.1, 0.15) is 37.9 Å². The van der Waals surface area contributed by atoms with Crippen LogP contribution in [0.15, 0.2) is 69.6 Å². The molecule has 0 fully saturated rings. The molecule has 0 aliphatic carbocycles. The average Bonchev–Trinajstić information content (AvgIpc) is 3.08. The smallest absolute Gasteiger partial charge is 0.387 e. The maximum atomic E-state index is 13.5. The first kappa shape index (κ1) is 24.8. The van der Waals surface area contributed by atoms with Crippen LogP contribution in [0.3, 0.4) is 0 Å². The summed E-state index contributed by atoms with van der Waals surface area (Å²) < 4.78 is 36.5. The van der Waals surface area contributed by atoms with Gasteiger partial charge in [0.15, 0.2) is 4.80 Å². The van der Waals surface area contributed by atoms with Crippen molar-refractivity contribution in [1.29, 1.82) is 0 Å². The van der Waals surface area contributed by atoms with Crippen LogP contribution in [0, 0.1) is 0 Å². The molecular formula is C25H21ClF2N2O4S. The number of benzene rings is 2. The number of rotatable bonds is 6. The van der Waals surface area contributed by atoms with Crippen LogP contribution >= 0.6 is 22.9 Å². The number of aromatic nitrogens is 1. The van der Waals surface area contributed by atoms with Gasteiger partial charge in [0.05, 0.1) is 27.9 Å². The number of thiazole rings is 1. The molecule has 1 aliphatic heterocycles. The second-order valence-electron chi connectivity index (χ2n) is 8.03. The molecule has 2 aromatic carbocycles. The number of fused-ring (bicyclic) bond motifs is 1. The lowest BCUT2D eigenvalue weighted by atomic mass is 9.96. The van der Waals surface area contributed by atoms with Gasteiger partial charge in [-0.05, 0) is 62.2 Å². The Morgan fingerprint density at radius 3 is 2.40 bits per heavy atom. The van der Waals surface area contributed by atoms with Crippen molar-refractivity contribution in [3.8, 4) is 5.75 Å². The van der Waals surface area contributed by atoms with Crippen LogP contribution in [0.25, 0.3) is 6.08 Å². The number of nitrogens with zero attached hydrogens (tertiary/aromatic N) is 2. The molecule has 2 heterocycles. The molecule has 0 N–H and O–H groups in total. The molecule has 35 heavy (non-hydrogen) atoms. The zero-order valence-electron chi connectivity index (χ0n) is 19.0. The van der Waals surface area contributed by atoms with Crippen molar-refractivity contribution in [2.24, 2.45) is 4.99 Å². The highest BCUT2D eigenvalue weighted by Gasteiger charge is 2.33. The molecule has 1 aromatic heterocycles. The number of hydrogen-bond acceptors (Lipinski definition) is 6. The second kappa shape index (κ2) is 10.1. The summed E-state index contributed by atoms with van der Waals surface area (Å²) in [7, 11) is 0. The largest absolute Gasteiger partial charge is 0.459 e. The minimum atomic E-state index is -2.92. The Morgan fingerprint density at radius 2 is 1.80 bits per heavy atom. The number of alkyl halides is 2. The quantitative estimate of drug-likeness (QED) is 0.452. The predicted molar refractivity (Wildman–Crippen MR) is 130 cm³/mol. The Morgan fingerprint density at radius 1 is 1.14 bits per heavy atom. The molecule has 3 aromatic rings. The van der Waals surface area contributed by atoms with Gasteiger partial charge in [0.25, 0.3) is 5.56 Å². The van der Waals surface area contributed by atoms with Crippen molar-refractivity contribution in [2.75, 3.05) is 0 Å². The van der Waals surface area contributed by atoms with E-state index in [4.69, 9.17) is 16.3 Å². The predicted octanol–water partition coefficient (Wildman–Crippen LogP) is 4.44. The Balaban J connectivity index is 1.85. The van der Waals surface area contributed by atoms with Gasteiger partial charge in [0.2, 0.25) is 0 Å². The van der Waals surface area contributed by atoms with Crippen LogP contribution in [-0.4, -0.2) is 23.3 Å². The lowest BCUT2D eigenvalue weighted by Gasteiger charge is -2.25. The number of carbonyl (C=O) groups is 1. The fourth-order valence-electron chi connectivity index (χ4n) is 3.72. The summed E-state index contributed by atoms with van der Waals surface area (Å²) in [6.45, 7) is 2.28. The van der Waals surface area contributed by atoms with E-state index in [1.807, 2.05) is 0 Å². The average molecular weight is 519 g/mol. The van der Waals surface area contributed by atoms with E-state index < -0.39 is 18.6 Å². The zero-order valence-corrected chi connectivity index (χ0v) is 20.6. The maximum Gasteiger partial charge on any atom is 0.387 e. The van der Waals surface area contributed by atoms with Gasteiger partial charge < -0.3 is 9.47 Å². The third kappa shape index (κ3) is 5.36. The van der Waals surface area contributed by atoms with Gasteiger partial charge in [0, 0.05) is 5.02 Å². The van der Waals surface area contributed by atoms with Crippen LogP contribution in [0.5, 0.6) is 5.75 Å². The summed E-state index contributed by atoms with van der Waals surface area (Å²) in [4.78, 5) is 31.5. The minimum absolute atomic E-state index is 0.0188. The normalized spacial score (nSPS) is 15.9. The molecule has 0 amide bonds. The van der Waals surface area contributed by atoms with E-state index in [2.05, 4.69) is 9.73 Å². The lowest BCUT2D eigenvalue weighted by molar-refractivity contribution is -0.143. The van der Waals surface area contributed by atoms with Gasteiger partial charge in [-0.3, -0.25) is 9.36 Å². The summed E-state index contributed by atoms with van der Waals surface area (Å²) in [5.74, 6) is -0.532. The van der Waals surface area contributed by atoms with E-state index in [0.717, 1.165) is 0 Å². The molecule has 6 nitrogen and oxygen atoms in total. The van der Waals surface area contributed by atoms with Gasteiger partial charge in [-0.1, -0.05) is 47.2 Å². The van der Waals surface area contributed by atoms with E-state index in [9.17, 15) is 18.4 Å². The van der Waals surface area contributed by atoms with Crippen LogP contribution in [0.2, 0.25) is 5.02 Å². The Labute approximate surface area is 208 Å². The number of esters is 1. The second-order valence-corrected chi connectivity index (χ2v) is 9.48. The summed E-state index contributed by atoms with van der Waals surface area (Å²) in [6, 6.07) is 12.1. The first-order chi connectivity index (χ1) is 16.6. The minimum Gasteiger partial charge on any atom is -0.459 e. The first-order valence-corrected chi connectivity index (χ1v) is 11.9. The van der Waals surface area contributed by atoms with Crippen LogP contribution in [-0.2, 0) is 9.53 Å². The van der Waals surface area contributed by atoms with Crippen molar-refractivity contribution < 1.29 is 23.0 Å². The molecule has 182 valence electrons. The maximum absolute atomic E-state index is 13.5. The van der Waals surface area contributed by atoms with Crippen molar-refractivity contribution in [3.63, 3.8) is 0 Å². The van der Waals surface area contributed by atoms with Gasteiger partial charge in [-0.2, -0.15) is 8.78 Å². The fourth-order valence-corrected chi connectivity index (χ4v) is 4.89. The molecule has 1 atom stereocenters. The first-order valence-electron chi connectivity index (χ1n) is 10.7. The summed E-state index contributed by atoms with van der Waals surface area (Å²) in [5.41, 5.74) is 1.69. The molecule has 1 aliphatic rings. The molecule has 0 saturated heterocycles. The van der Waals surface area contributed by atoms with Crippen molar-refractivity contribution in [3.05, 3.63) is 95.6 Å². The van der Waals surface area contributed by atoms with Gasteiger partial charge in [-0.25, -0.2) is 9.79 Å². The number of ether oxygens (including phenoxy) is 2. The lowest BCUT2D eigenvalue weighted by Crippen LogP contribution is -2.40. The van der Waals surface area contributed by atoms with Gasteiger partial charge in [0.1, 0.15) is 5.75 Å².